The smallest absolute Gasteiger partial charge is 0.481 e. The fourth-order valence-electron chi connectivity index (χ4n) is 0.259. The summed E-state index contributed by atoms with van der Waals surface area (Å²) < 4.78 is 0. The van der Waals surface area contributed by atoms with Crippen molar-refractivity contribution in [2.75, 3.05) is 0 Å². The van der Waals surface area contributed by atoms with Gasteiger partial charge in [-0.25, -0.2) is 0 Å². The Kier molecular flexibility index (Phi) is 21.2. The lowest BCUT2D eigenvalue weighted by Gasteiger charge is -1.80. The number of carbonyl (C=O) groups is 4. The SMILES string of the molecule is F.O=C(O)CC(=O)O.O=C(O)CC(=O)O.OB(O)O. The predicted octanol–water partition coefficient (Wildman–Crippen LogP) is -2.81. The number of aliphatic carboxylic acids is 4. The number of halogens is 1. The second-order valence-electron chi connectivity index (χ2n) is 2.27. The third-order valence-corrected chi connectivity index (χ3v) is 0.605. The van der Waals surface area contributed by atoms with Crippen LogP contribution in [0.5, 0.6) is 0 Å². The van der Waals surface area contributed by atoms with Gasteiger partial charge in [0.25, 0.3) is 0 Å². The van der Waals surface area contributed by atoms with Gasteiger partial charge in [0.1, 0.15) is 12.8 Å². The Morgan fingerprint density at radius 3 is 0.737 bits per heavy atom. The summed E-state index contributed by atoms with van der Waals surface area (Å²) in [6, 6.07) is 0. The number of carboxylic acid groups (broad SMARTS) is 4. The molecular formula is C6H12BFO11. The van der Waals surface area contributed by atoms with Crippen molar-refractivity contribution in [3.8, 4) is 0 Å². The van der Waals surface area contributed by atoms with Crippen molar-refractivity contribution in [2.45, 2.75) is 12.8 Å². The van der Waals surface area contributed by atoms with Crippen LogP contribution in [0.2, 0.25) is 0 Å². The minimum atomic E-state index is -2.17. The molecule has 0 atom stereocenters. The maximum atomic E-state index is 9.43. The van der Waals surface area contributed by atoms with Crippen molar-refractivity contribution >= 4 is 31.2 Å². The largest absolute Gasteiger partial charge is 0.631 e. The molecule has 0 aromatic rings. The van der Waals surface area contributed by atoms with Crippen molar-refractivity contribution in [1.82, 2.24) is 0 Å². The highest BCUT2D eigenvalue weighted by molar-refractivity contribution is 6.30. The minimum Gasteiger partial charge on any atom is -0.481 e. The van der Waals surface area contributed by atoms with Crippen LogP contribution >= 0.6 is 0 Å². The lowest BCUT2D eigenvalue weighted by atomic mass is 10.3. The first-order valence-electron chi connectivity index (χ1n) is 3.90. The molecule has 0 unspecified atom stereocenters. The fraction of sp³-hybridized carbons (Fsp3) is 0.333. The highest BCUT2D eigenvalue weighted by atomic mass is 19.0. The van der Waals surface area contributed by atoms with E-state index in [1.165, 1.54) is 0 Å². The first kappa shape index (κ1) is 25.6. The molecule has 13 heteroatoms. The van der Waals surface area contributed by atoms with Crippen LogP contribution in [0.25, 0.3) is 0 Å². The van der Waals surface area contributed by atoms with Crippen molar-refractivity contribution in [1.29, 1.82) is 0 Å². The zero-order valence-corrected chi connectivity index (χ0v) is 9.16. The van der Waals surface area contributed by atoms with E-state index >= 15 is 0 Å². The topological polar surface area (TPSA) is 210 Å². The third-order valence-electron chi connectivity index (χ3n) is 0.605. The van der Waals surface area contributed by atoms with Crippen molar-refractivity contribution in [2.24, 2.45) is 0 Å². The van der Waals surface area contributed by atoms with Crippen LogP contribution in [0.4, 0.5) is 4.70 Å². The molecule has 0 radical (unpaired) electrons. The Labute approximate surface area is 104 Å². The molecule has 0 spiro atoms. The van der Waals surface area contributed by atoms with E-state index in [1.807, 2.05) is 0 Å². The van der Waals surface area contributed by atoms with Gasteiger partial charge in [-0.2, -0.15) is 0 Å². The molecule has 0 bridgehead atoms. The molecule has 0 aliphatic heterocycles. The molecule has 0 aliphatic rings. The Morgan fingerprint density at radius 1 is 0.632 bits per heavy atom. The van der Waals surface area contributed by atoms with E-state index in [4.69, 9.17) is 35.5 Å². The summed E-state index contributed by atoms with van der Waals surface area (Å²) in [7, 11) is -2.17. The summed E-state index contributed by atoms with van der Waals surface area (Å²) in [6.07, 6.45) is -1.61. The van der Waals surface area contributed by atoms with E-state index in [9.17, 15) is 19.2 Å². The van der Waals surface area contributed by atoms with Crippen LogP contribution in [0.3, 0.4) is 0 Å². The monoisotopic (exact) mass is 290 g/mol. The normalized spacial score (nSPS) is 7.32. The second-order valence-corrected chi connectivity index (χ2v) is 2.27. The molecule has 0 fully saturated rings. The van der Waals surface area contributed by atoms with Crippen LogP contribution in [0.1, 0.15) is 12.8 Å². The van der Waals surface area contributed by atoms with Gasteiger partial charge in [-0.3, -0.25) is 23.9 Å². The van der Waals surface area contributed by atoms with Gasteiger partial charge in [-0.1, -0.05) is 0 Å². The zero-order chi connectivity index (χ0) is 15.3. The van der Waals surface area contributed by atoms with Gasteiger partial charge in [0, 0.05) is 0 Å². The Hall–Kier alpha value is -2.25. The second kappa shape index (κ2) is 15.8. The minimum absolute atomic E-state index is 0. The summed E-state index contributed by atoms with van der Waals surface area (Å²) in [5.41, 5.74) is 0. The van der Waals surface area contributed by atoms with Crippen molar-refractivity contribution in [3.05, 3.63) is 0 Å². The molecule has 0 heterocycles. The molecule has 0 saturated carbocycles. The molecular weight excluding hydrogens is 278 g/mol. The van der Waals surface area contributed by atoms with Crippen LogP contribution in [-0.2, 0) is 19.2 Å². The molecule has 0 amide bonds. The standard InChI is InChI=1S/2C3H4O4.BH3O3.FH/c2*4-2(5)1-3(6)7;2-1(3)4;/h2*1H2,(H,4,5)(H,6,7);2-4H;1H. The molecule has 0 aromatic heterocycles. The molecule has 7 N–H and O–H groups in total. The molecule has 0 saturated heterocycles. The quantitative estimate of drug-likeness (QED) is 0.207. The van der Waals surface area contributed by atoms with Gasteiger partial charge in [0.2, 0.25) is 0 Å². The van der Waals surface area contributed by atoms with Gasteiger partial charge in [0.15, 0.2) is 0 Å². The van der Waals surface area contributed by atoms with Crippen molar-refractivity contribution < 1.29 is 59.4 Å². The molecule has 0 aromatic carbocycles. The van der Waals surface area contributed by atoms with Gasteiger partial charge >= 0.3 is 31.2 Å². The van der Waals surface area contributed by atoms with Crippen LogP contribution < -0.4 is 0 Å². The highest BCUT2D eigenvalue weighted by Crippen LogP contribution is 1.74. The maximum Gasteiger partial charge on any atom is 0.631 e. The first-order chi connectivity index (χ1) is 7.98. The molecule has 0 aliphatic carbocycles. The number of carboxylic acids is 4. The van der Waals surface area contributed by atoms with E-state index in [2.05, 4.69) is 0 Å². The Balaban J connectivity index is -0.0000000900. The van der Waals surface area contributed by atoms with Gasteiger partial charge in [-0.15, -0.1) is 0 Å². The number of hydrogen-bond donors (Lipinski definition) is 7. The summed E-state index contributed by atoms with van der Waals surface area (Å²) in [5, 5.41) is 52.3. The fourth-order valence-corrected chi connectivity index (χ4v) is 0.259. The number of rotatable bonds is 4. The Morgan fingerprint density at radius 2 is 0.737 bits per heavy atom. The summed E-state index contributed by atoms with van der Waals surface area (Å²) in [6.45, 7) is 0. The molecule has 19 heavy (non-hydrogen) atoms. The van der Waals surface area contributed by atoms with Crippen LogP contribution in [-0.4, -0.2) is 66.7 Å². The van der Waals surface area contributed by atoms with E-state index in [0.717, 1.165) is 0 Å². The summed E-state index contributed by atoms with van der Waals surface area (Å²) in [4.78, 5) is 37.7. The van der Waals surface area contributed by atoms with E-state index < -0.39 is 44.0 Å². The lowest BCUT2D eigenvalue weighted by molar-refractivity contribution is -0.149. The lowest BCUT2D eigenvalue weighted by Crippen LogP contribution is -2.07. The molecule has 11 nitrogen and oxygen atoms in total. The molecule has 112 valence electrons. The predicted molar refractivity (Wildman–Crippen MR) is 54.7 cm³/mol. The van der Waals surface area contributed by atoms with E-state index in [-0.39, 0.29) is 4.70 Å². The average Bonchev–Trinajstić information content (AvgIpc) is 1.96. The zero-order valence-electron chi connectivity index (χ0n) is 9.16. The average molecular weight is 290 g/mol. The van der Waals surface area contributed by atoms with E-state index in [0.29, 0.717) is 0 Å². The third kappa shape index (κ3) is 90.0. The maximum absolute atomic E-state index is 9.43. The summed E-state index contributed by atoms with van der Waals surface area (Å²) >= 11 is 0. The Bertz CT molecular complexity index is 238. The van der Waals surface area contributed by atoms with Gasteiger partial charge in [-0.05, 0) is 0 Å². The van der Waals surface area contributed by atoms with Gasteiger partial charge in [0.05, 0.1) is 0 Å². The van der Waals surface area contributed by atoms with Crippen LogP contribution in [0.15, 0.2) is 0 Å². The van der Waals surface area contributed by atoms with Gasteiger partial charge < -0.3 is 35.5 Å². The van der Waals surface area contributed by atoms with Crippen molar-refractivity contribution in [3.63, 3.8) is 0 Å². The molecule has 0 rings (SSSR count). The highest BCUT2D eigenvalue weighted by Gasteiger charge is 2.02. The summed E-state index contributed by atoms with van der Waals surface area (Å²) in [5.74, 6) is -5.25. The van der Waals surface area contributed by atoms with E-state index in [1.54, 1.807) is 0 Å². The number of hydrogen-bond acceptors (Lipinski definition) is 7. The van der Waals surface area contributed by atoms with Crippen LogP contribution in [0, 0.1) is 0 Å². The first-order valence-corrected chi connectivity index (χ1v) is 3.90.